The molecule has 0 aliphatic carbocycles. The van der Waals surface area contributed by atoms with Crippen LogP contribution in [-0.2, 0) is 6.54 Å². The van der Waals surface area contributed by atoms with Gasteiger partial charge in [0.1, 0.15) is 11.9 Å². The SMILES string of the molecule is N#Cc1ccc(N2CCC(O)c3ccccc3C2)nc1. The summed E-state index contributed by atoms with van der Waals surface area (Å²) in [4.78, 5) is 6.47. The van der Waals surface area contributed by atoms with Gasteiger partial charge in [0.05, 0.1) is 11.7 Å². The van der Waals surface area contributed by atoms with Crippen LogP contribution in [0, 0.1) is 11.3 Å². The van der Waals surface area contributed by atoms with Crippen molar-refractivity contribution in [2.75, 3.05) is 11.4 Å². The average Bonchev–Trinajstić information content (AvgIpc) is 2.67. The van der Waals surface area contributed by atoms with Crippen molar-refractivity contribution in [3.8, 4) is 6.07 Å². The Bertz CT molecular complexity index is 646. The topological polar surface area (TPSA) is 60.2 Å². The predicted octanol–water partition coefficient (Wildman–Crippen LogP) is 2.40. The number of benzene rings is 1. The van der Waals surface area contributed by atoms with Gasteiger partial charge in [-0.3, -0.25) is 0 Å². The monoisotopic (exact) mass is 265 g/mol. The lowest BCUT2D eigenvalue weighted by molar-refractivity contribution is 0.171. The number of nitrogens with zero attached hydrogens (tertiary/aromatic N) is 3. The smallest absolute Gasteiger partial charge is 0.128 e. The zero-order chi connectivity index (χ0) is 13.9. The Labute approximate surface area is 117 Å². The van der Waals surface area contributed by atoms with Crippen molar-refractivity contribution in [2.45, 2.75) is 19.1 Å². The van der Waals surface area contributed by atoms with Crippen LogP contribution in [-0.4, -0.2) is 16.6 Å². The van der Waals surface area contributed by atoms with E-state index in [0.717, 1.165) is 30.0 Å². The molecule has 1 aliphatic rings. The maximum absolute atomic E-state index is 10.2. The maximum atomic E-state index is 10.2. The summed E-state index contributed by atoms with van der Waals surface area (Å²) < 4.78 is 0. The second-order valence-electron chi connectivity index (χ2n) is 4.94. The number of nitriles is 1. The van der Waals surface area contributed by atoms with Crippen LogP contribution < -0.4 is 4.90 Å². The van der Waals surface area contributed by atoms with Crippen molar-refractivity contribution >= 4 is 5.82 Å². The highest BCUT2D eigenvalue weighted by molar-refractivity contribution is 5.45. The molecule has 2 heterocycles. The van der Waals surface area contributed by atoms with Gasteiger partial charge in [-0.05, 0) is 29.7 Å². The second kappa shape index (κ2) is 5.32. The molecule has 4 nitrogen and oxygen atoms in total. The van der Waals surface area contributed by atoms with Gasteiger partial charge in [0.15, 0.2) is 0 Å². The van der Waals surface area contributed by atoms with Crippen LogP contribution >= 0.6 is 0 Å². The van der Waals surface area contributed by atoms with E-state index in [-0.39, 0.29) is 0 Å². The highest BCUT2D eigenvalue weighted by atomic mass is 16.3. The van der Waals surface area contributed by atoms with E-state index in [1.165, 1.54) is 0 Å². The first-order valence-electron chi connectivity index (χ1n) is 6.65. The molecule has 0 bridgehead atoms. The minimum absolute atomic E-state index is 0.422. The van der Waals surface area contributed by atoms with E-state index in [0.29, 0.717) is 12.0 Å². The molecule has 1 aromatic carbocycles. The minimum atomic E-state index is -0.422. The molecule has 0 radical (unpaired) electrons. The standard InChI is InChI=1S/C16H15N3O/c17-9-12-5-6-16(18-10-12)19-8-7-15(20)14-4-2-1-3-13(14)11-19/h1-6,10,15,20H,7-8,11H2. The molecular weight excluding hydrogens is 250 g/mol. The van der Waals surface area contributed by atoms with E-state index in [1.54, 1.807) is 12.3 Å². The normalized spacial score (nSPS) is 18.0. The van der Waals surface area contributed by atoms with Crippen molar-refractivity contribution in [1.29, 1.82) is 5.26 Å². The second-order valence-corrected chi connectivity index (χ2v) is 4.94. The van der Waals surface area contributed by atoms with Crippen molar-refractivity contribution in [3.63, 3.8) is 0 Å². The molecule has 1 atom stereocenters. The van der Waals surface area contributed by atoms with Crippen LogP contribution in [0.25, 0.3) is 0 Å². The third kappa shape index (κ3) is 2.36. The summed E-state index contributed by atoms with van der Waals surface area (Å²) in [6.45, 7) is 1.47. The average molecular weight is 265 g/mol. The molecule has 1 unspecified atom stereocenters. The zero-order valence-electron chi connectivity index (χ0n) is 11.0. The summed E-state index contributed by atoms with van der Waals surface area (Å²) in [6.07, 6.45) is 1.84. The first-order chi connectivity index (χ1) is 9.78. The number of rotatable bonds is 1. The van der Waals surface area contributed by atoms with Gasteiger partial charge in [-0.25, -0.2) is 4.98 Å². The van der Waals surface area contributed by atoms with E-state index in [2.05, 4.69) is 16.0 Å². The molecule has 1 aromatic heterocycles. The Morgan fingerprint density at radius 2 is 2.10 bits per heavy atom. The summed E-state index contributed by atoms with van der Waals surface area (Å²) in [5.74, 6) is 0.841. The minimum Gasteiger partial charge on any atom is -0.388 e. The van der Waals surface area contributed by atoms with Crippen molar-refractivity contribution in [1.82, 2.24) is 4.98 Å². The van der Waals surface area contributed by atoms with E-state index >= 15 is 0 Å². The van der Waals surface area contributed by atoms with Gasteiger partial charge in [-0.1, -0.05) is 24.3 Å². The Morgan fingerprint density at radius 1 is 1.25 bits per heavy atom. The van der Waals surface area contributed by atoms with Gasteiger partial charge in [0.25, 0.3) is 0 Å². The first-order valence-corrected chi connectivity index (χ1v) is 6.65. The van der Waals surface area contributed by atoms with Crippen molar-refractivity contribution < 1.29 is 5.11 Å². The number of anilines is 1. The molecule has 0 saturated heterocycles. The van der Waals surface area contributed by atoms with Crippen LogP contribution in [0.3, 0.4) is 0 Å². The lowest BCUT2D eigenvalue weighted by Gasteiger charge is -2.21. The molecule has 0 saturated carbocycles. The number of aliphatic hydroxyl groups excluding tert-OH is 1. The molecule has 0 spiro atoms. The van der Waals surface area contributed by atoms with E-state index in [9.17, 15) is 5.11 Å². The summed E-state index contributed by atoms with van der Waals surface area (Å²) in [5.41, 5.74) is 2.69. The number of aliphatic hydroxyl groups is 1. The lowest BCUT2D eigenvalue weighted by Crippen LogP contribution is -2.23. The molecule has 0 fully saturated rings. The number of hydrogen-bond donors (Lipinski definition) is 1. The third-order valence-electron chi connectivity index (χ3n) is 3.65. The fraction of sp³-hybridized carbons (Fsp3) is 0.250. The highest BCUT2D eigenvalue weighted by Gasteiger charge is 2.20. The molecule has 4 heteroatoms. The first kappa shape index (κ1) is 12.6. The number of fused-ring (bicyclic) bond motifs is 1. The van der Waals surface area contributed by atoms with Crippen LogP contribution in [0.2, 0.25) is 0 Å². The summed E-state index contributed by atoms with van der Waals surface area (Å²) in [6, 6.07) is 13.7. The zero-order valence-corrected chi connectivity index (χ0v) is 11.0. The molecule has 0 amide bonds. The number of hydrogen-bond acceptors (Lipinski definition) is 4. The number of aromatic nitrogens is 1. The van der Waals surface area contributed by atoms with Crippen molar-refractivity contribution in [2.24, 2.45) is 0 Å². The van der Waals surface area contributed by atoms with E-state index in [4.69, 9.17) is 5.26 Å². The highest BCUT2D eigenvalue weighted by Crippen LogP contribution is 2.28. The predicted molar refractivity (Wildman–Crippen MR) is 76.0 cm³/mol. The fourth-order valence-electron chi connectivity index (χ4n) is 2.56. The Morgan fingerprint density at radius 3 is 2.85 bits per heavy atom. The largest absolute Gasteiger partial charge is 0.388 e. The molecule has 20 heavy (non-hydrogen) atoms. The molecule has 100 valence electrons. The van der Waals surface area contributed by atoms with Crippen LogP contribution in [0.5, 0.6) is 0 Å². The number of pyridine rings is 1. The van der Waals surface area contributed by atoms with Gasteiger partial charge in [0, 0.05) is 19.3 Å². The van der Waals surface area contributed by atoms with Crippen LogP contribution in [0.4, 0.5) is 5.82 Å². The summed E-state index contributed by atoms with van der Waals surface area (Å²) in [7, 11) is 0. The van der Waals surface area contributed by atoms with Crippen molar-refractivity contribution in [3.05, 3.63) is 59.3 Å². The Balaban J connectivity index is 1.91. The van der Waals surface area contributed by atoms with E-state index < -0.39 is 6.10 Å². The maximum Gasteiger partial charge on any atom is 0.128 e. The van der Waals surface area contributed by atoms with Crippen LogP contribution in [0.1, 0.15) is 29.2 Å². The van der Waals surface area contributed by atoms with Gasteiger partial charge < -0.3 is 10.0 Å². The Hall–Kier alpha value is -2.38. The fourth-order valence-corrected chi connectivity index (χ4v) is 2.56. The van der Waals surface area contributed by atoms with Gasteiger partial charge in [0.2, 0.25) is 0 Å². The molecule has 1 aliphatic heterocycles. The van der Waals surface area contributed by atoms with Gasteiger partial charge in [-0.15, -0.1) is 0 Å². The van der Waals surface area contributed by atoms with E-state index in [1.807, 2.05) is 30.3 Å². The van der Waals surface area contributed by atoms with Crippen LogP contribution in [0.15, 0.2) is 42.6 Å². The molecule has 1 N–H and O–H groups in total. The third-order valence-corrected chi connectivity index (χ3v) is 3.65. The quantitative estimate of drug-likeness (QED) is 0.860. The molecule has 3 rings (SSSR count). The summed E-state index contributed by atoms with van der Waals surface area (Å²) >= 11 is 0. The molecule has 2 aromatic rings. The van der Waals surface area contributed by atoms with Gasteiger partial charge >= 0.3 is 0 Å². The van der Waals surface area contributed by atoms with Gasteiger partial charge in [-0.2, -0.15) is 5.26 Å². The summed E-state index contributed by atoms with van der Waals surface area (Å²) in [5, 5.41) is 19.0. The lowest BCUT2D eigenvalue weighted by atomic mass is 10.0. The Kier molecular flexibility index (Phi) is 3.36. The molecular formula is C16H15N3O.